The Balaban J connectivity index is 2.64. The van der Waals surface area contributed by atoms with Crippen molar-refractivity contribution in [3.63, 3.8) is 0 Å². The number of nitrogens with zero attached hydrogens (tertiary/aromatic N) is 1. The van der Waals surface area contributed by atoms with E-state index in [0.717, 1.165) is 0 Å². The smallest absolute Gasteiger partial charge is 0.235 e. The summed E-state index contributed by atoms with van der Waals surface area (Å²) in [4.78, 5) is 14.2. The number of aromatic hydroxyl groups is 1. The molecule has 0 radical (unpaired) electrons. The van der Waals surface area contributed by atoms with Gasteiger partial charge in [0, 0.05) is 16.1 Å². The van der Waals surface area contributed by atoms with Crippen molar-refractivity contribution in [2.75, 3.05) is 7.11 Å². The van der Waals surface area contributed by atoms with E-state index in [0.29, 0.717) is 34.7 Å². The maximum atomic E-state index is 10.4. The van der Waals surface area contributed by atoms with E-state index >= 15 is 0 Å². The number of aliphatic imine (C=N–C) groups is 1. The van der Waals surface area contributed by atoms with Crippen molar-refractivity contribution in [3.05, 3.63) is 22.2 Å². The molecule has 90 valence electrons. The highest BCUT2D eigenvalue weighted by Crippen LogP contribution is 2.55. The van der Waals surface area contributed by atoms with Crippen molar-refractivity contribution >= 4 is 17.7 Å². The minimum Gasteiger partial charge on any atom is -0.504 e. The summed E-state index contributed by atoms with van der Waals surface area (Å²) < 4.78 is 5.12. The molecule has 0 heterocycles. The fraction of sp³-hybridized carbons (Fsp3) is 0.417. The molecule has 0 saturated heterocycles. The van der Waals surface area contributed by atoms with Crippen LogP contribution in [0.15, 0.2) is 11.1 Å². The van der Waals surface area contributed by atoms with Crippen LogP contribution in [0.2, 0.25) is 5.02 Å². The zero-order chi connectivity index (χ0) is 12.6. The van der Waals surface area contributed by atoms with Gasteiger partial charge in [0.15, 0.2) is 11.5 Å². The van der Waals surface area contributed by atoms with Gasteiger partial charge in [-0.05, 0) is 25.8 Å². The minimum absolute atomic E-state index is 0.00546. The highest BCUT2D eigenvalue weighted by molar-refractivity contribution is 6.31. The standard InChI is InChI=1S/C12H12ClNO3/c1-7-9(13)5-8(10(16)11(7)17-2)12(3-4-12)14-6-15/h5,16H,3-4H2,1-2H3. The van der Waals surface area contributed by atoms with E-state index in [9.17, 15) is 9.90 Å². The van der Waals surface area contributed by atoms with Crippen LogP contribution < -0.4 is 4.74 Å². The molecule has 0 unspecified atom stereocenters. The predicted molar refractivity (Wildman–Crippen MR) is 63.4 cm³/mol. The van der Waals surface area contributed by atoms with Gasteiger partial charge in [0.1, 0.15) is 5.54 Å². The first-order valence-corrected chi connectivity index (χ1v) is 5.59. The van der Waals surface area contributed by atoms with Gasteiger partial charge in [-0.2, -0.15) is 4.99 Å². The summed E-state index contributed by atoms with van der Waals surface area (Å²) in [6.07, 6.45) is 2.96. The molecule has 0 amide bonds. The number of benzene rings is 1. The third-order valence-electron chi connectivity index (χ3n) is 3.13. The number of halogens is 1. The monoisotopic (exact) mass is 253 g/mol. The molecule has 1 aromatic rings. The van der Waals surface area contributed by atoms with Crippen LogP contribution >= 0.6 is 11.6 Å². The second-order valence-electron chi connectivity index (χ2n) is 4.15. The van der Waals surface area contributed by atoms with Crippen LogP contribution in [0.1, 0.15) is 24.0 Å². The first kappa shape index (κ1) is 12.0. The zero-order valence-electron chi connectivity index (χ0n) is 9.58. The summed E-state index contributed by atoms with van der Waals surface area (Å²) in [5, 5.41) is 10.6. The number of phenols is 1. The second kappa shape index (κ2) is 4.06. The van der Waals surface area contributed by atoms with Gasteiger partial charge in [-0.15, -0.1) is 0 Å². The highest BCUT2D eigenvalue weighted by Gasteiger charge is 2.47. The summed E-state index contributed by atoms with van der Waals surface area (Å²) in [5.74, 6) is 0.339. The maximum absolute atomic E-state index is 10.4. The number of rotatable bonds is 3. The number of methoxy groups -OCH3 is 1. The molecule has 0 aromatic heterocycles. The molecular weight excluding hydrogens is 242 g/mol. The first-order valence-electron chi connectivity index (χ1n) is 5.21. The van der Waals surface area contributed by atoms with Gasteiger partial charge in [0.05, 0.1) is 7.11 Å². The van der Waals surface area contributed by atoms with Crippen LogP contribution in [-0.2, 0) is 10.3 Å². The van der Waals surface area contributed by atoms with Crippen molar-refractivity contribution in [2.45, 2.75) is 25.3 Å². The topological polar surface area (TPSA) is 58.9 Å². The third kappa shape index (κ3) is 1.79. The van der Waals surface area contributed by atoms with Crippen molar-refractivity contribution in [1.82, 2.24) is 0 Å². The third-order valence-corrected chi connectivity index (χ3v) is 3.52. The molecule has 1 saturated carbocycles. The number of isocyanates is 1. The SMILES string of the molecule is COc1c(C)c(Cl)cc(C2(N=C=O)CC2)c1O. The Hall–Kier alpha value is -1.51. The van der Waals surface area contributed by atoms with Crippen molar-refractivity contribution in [2.24, 2.45) is 4.99 Å². The normalized spacial score (nSPS) is 16.2. The molecule has 1 aromatic carbocycles. The number of carbonyl (C=O) groups excluding carboxylic acids is 1. The van der Waals surface area contributed by atoms with E-state index in [1.54, 1.807) is 19.1 Å². The summed E-state index contributed by atoms with van der Waals surface area (Å²) >= 11 is 6.07. The van der Waals surface area contributed by atoms with Crippen LogP contribution in [0.5, 0.6) is 11.5 Å². The van der Waals surface area contributed by atoms with Gasteiger partial charge < -0.3 is 9.84 Å². The lowest BCUT2D eigenvalue weighted by Crippen LogP contribution is -2.04. The van der Waals surface area contributed by atoms with E-state index < -0.39 is 5.54 Å². The molecule has 17 heavy (non-hydrogen) atoms. The molecule has 0 bridgehead atoms. The largest absolute Gasteiger partial charge is 0.504 e. The fourth-order valence-corrected chi connectivity index (χ4v) is 2.16. The zero-order valence-corrected chi connectivity index (χ0v) is 10.3. The molecule has 5 heteroatoms. The average molecular weight is 254 g/mol. The lowest BCUT2D eigenvalue weighted by atomic mass is 10.0. The van der Waals surface area contributed by atoms with Crippen LogP contribution in [0.4, 0.5) is 0 Å². The Morgan fingerprint density at radius 1 is 1.59 bits per heavy atom. The van der Waals surface area contributed by atoms with Gasteiger partial charge in [-0.3, -0.25) is 0 Å². The van der Waals surface area contributed by atoms with Gasteiger partial charge in [0.25, 0.3) is 0 Å². The first-order chi connectivity index (χ1) is 8.05. The minimum atomic E-state index is -0.656. The average Bonchev–Trinajstić information content (AvgIpc) is 3.06. The van der Waals surface area contributed by atoms with Gasteiger partial charge >= 0.3 is 0 Å². The summed E-state index contributed by atoms with van der Waals surface area (Å²) in [7, 11) is 1.46. The van der Waals surface area contributed by atoms with E-state index in [2.05, 4.69) is 4.99 Å². The quantitative estimate of drug-likeness (QED) is 0.666. The predicted octanol–water partition coefficient (Wildman–Crippen LogP) is 2.69. The Morgan fingerprint density at radius 3 is 2.71 bits per heavy atom. The highest BCUT2D eigenvalue weighted by atomic mass is 35.5. The molecular formula is C12H12ClNO3. The van der Waals surface area contributed by atoms with Gasteiger partial charge in [0.2, 0.25) is 6.08 Å². The number of hydrogen-bond donors (Lipinski definition) is 1. The molecule has 4 nitrogen and oxygen atoms in total. The Bertz CT molecular complexity index is 517. The molecule has 0 aliphatic heterocycles. The number of hydrogen-bond acceptors (Lipinski definition) is 4. The fourth-order valence-electron chi connectivity index (χ4n) is 1.96. The van der Waals surface area contributed by atoms with Crippen molar-refractivity contribution in [1.29, 1.82) is 0 Å². The van der Waals surface area contributed by atoms with Gasteiger partial charge in [-0.25, -0.2) is 4.79 Å². The van der Waals surface area contributed by atoms with E-state index in [4.69, 9.17) is 16.3 Å². The van der Waals surface area contributed by atoms with Crippen molar-refractivity contribution < 1.29 is 14.6 Å². The van der Waals surface area contributed by atoms with Crippen molar-refractivity contribution in [3.8, 4) is 11.5 Å². The van der Waals surface area contributed by atoms with Crippen LogP contribution in [0, 0.1) is 6.92 Å². The molecule has 1 fully saturated rings. The molecule has 0 atom stereocenters. The van der Waals surface area contributed by atoms with Crippen LogP contribution in [0.3, 0.4) is 0 Å². The van der Waals surface area contributed by atoms with E-state index in [1.807, 2.05) is 0 Å². The molecule has 1 aliphatic carbocycles. The Morgan fingerprint density at radius 2 is 2.24 bits per heavy atom. The second-order valence-corrected chi connectivity index (χ2v) is 4.55. The number of phenolic OH excluding ortho intramolecular Hbond substituents is 1. The maximum Gasteiger partial charge on any atom is 0.235 e. The van der Waals surface area contributed by atoms with E-state index in [-0.39, 0.29) is 5.75 Å². The summed E-state index contributed by atoms with van der Waals surface area (Å²) in [6, 6.07) is 1.64. The Labute approximate surface area is 104 Å². The lowest BCUT2D eigenvalue weighted by Gasteiger charge is -2.16. The lowest BCUT2D eigenvalue weighted by molar-refractivity contribution is 0.365. The molecule has 1 aliphatic rings. The van der Waals surface area contributed by atoms with Crippen LogP contribution in [0.25, 0.3) is 0 Å². The number of ether oxygens (including phenoxy) is 1. The molecule has 0 spiro atoms. The van der Waals surface area contributed by atoms with Gasteiger partial charge in [-0.1, -0.05) is 11.6 Å². The summed E-state index contributed by atoms with van der Waals surface area (Å²) in [6.45, 7) is 1.76. The van der Waals surface area contributed by atoms with Crippen LogP contribution in [-0.4, -0.2) is 18.3 Å². The molecule has 1 N–H and O–H groups in total. The molecule has 2 rings (SSSR count). The van der Waals surface area contributed by atoms with E-state index in [1.165, 1.54) is 7.11 Å². The summed E-state index contributed by atoms with van der Waals surface area (Å²) in [5.41, 5.74) is 0.547. The Kier molecular flexibility index (Phi) is 2.86.